The summed E-state index contributed by atoms with van der Waals surface area (Å²) in [6.07, 6.45) is 11.0. The third-order valence-electron chi connectivity index (χ3n) is 6.15. The minimum atomic E-state index is 0.770. The van der Waals surface area contributed by atoms with Gasteiger partial charge in [0.1, 0.15) is 0 Å². The van der Waals surface area contributed by atoms with E-state index in [4.69, 9.17) is 5.73 Å². The van der Waals surface area contributed by atoms with Crippen LogP contribution >= 0.6 is 0 Å². The molecule has 4 aliphatic carbocycles. The normalized spacial score (nSPS) is 39.9. The van der Waals surface area contributed by atoms with Gasteiger partial charge in [-0.05, 0) is 86.8 Å². The molecule has 5 rings (SSSR count). The molecule has 0 atom stereocenters. The first-order valence-corrected chi connectivity index (χ1v) is 8.17. The SMILES string of the molecule is NCCc1cccn1CC1C2CC3CC(C2)CC1C3. The first-order valence-electron chi connectivity index (χ1n) is 8.17. The number of hydrogen-bond donors (Lipinski definition) is 1. The molecule has 2 heteroatoms. The van der Waals surface area contributed by atoms with E-state index in [9.17, 15) is 0 Å². The topological polar surface area (TPSA) is 30.9 Å². The van der Waals surface area contributed by atoms with Crippen LogP contribution in [0.1, 0.15) is 37.8 Å². The molecule has 19 heavy (non-hydrogen) atoms. The molecule has 1 aromatic heterocycles. The van der Waals surface area contributed by atoms with E-state index in [-0.39, 0.29) is 0 Å². The van der Waals surface area contributed by atoms with Crippen LogP contribution in [0.4, 0.5) is 0 Å². The highest BCUT2D eigenvalue weighted by Gasteiger charge is 2.47. The Morgan fingerprint density at radius 3 is 2.37 bits per heavy atom. The molecule has 4 saturated carbocycles. The van der Waals surface area contributed by atoms with E-state index in [0.29, 0.717) is 0 Å². The van der Waals surface area contributed by atoms with E-state index in [1.165, 1.54) is 37.9 Å². The highest BCUT2D eigenvalue weighted by molar-refractivity contribution is 5.09. The van der Waals surface area contributed by atoms with Crippen molar-refractivity contribution in [2.45, 2.75) is 45.1 Å². The summed E-state index contributed by atoms with van der Waals surface area (Å²) in [6, 6.07) is 4.45. The van der Waals surface area contributed by atoms with E-state index in [1.54, 1.807) is 6.42 Å². The molecule has 0 radical (unpaired) electrons. The fraction of sp³-hybridized carbons (Fsp3) is 0.765. The zero-order valence-electron chi connectivity index (χ0n) is 11.8. The second-order valence-corrected chi connectivity index (χ2v) is 7.29. The summed E-state index contributed by atoms with van der Waals surface area (Å²) in [7, 11) is 0. The third kappa shape index (κ3) is 2.05. The molecule has 1 aromatic rings. The molecule has 4 fully saturated rings. The summed E-state index contributed by atoms with van der Waals surface area (Å²) in [5, 5.41) is 0. The van der Waals surface area contributed by atoms with Crippen LogP contribution in [0.25, 0.3) is 0 Å². The highest BCUT2D eigenvalue weighted by atomic mass is 15.0. The largest absolute Gasteiger partial charge is 0.351 e. The van der Waals surface area contributed by atoms with Gasteiger partial charge in [0.15, 0.2) is 0 Å². The Morgan fingerprint density at radius 1 is 1.05 bits per heavy atom. The fourth-order valence-corrected chi connectivity index (χ4v) is 5.57. The monoisotopic (exact) mass is 258 g/mol. The summed E-state index contributed by atoms with van der Waals surface area (Å²) in [5.74, 6) is 5.20. The second kappa shape index (κ2) is 4.66. The van der Waals surface area contributed by atoms with Gasteiger partial charge < -0.3 is 10.3 Å². The van der Waals surface area contributed by atoms with Gasteiger partial charge in [-0.25, -0.2) is 0 Å². The van der Waals surface area contributed by atoms with Gasteiger partial charge in [-0.1, -0.05) is 0 Å². The molecule has 0 saturated heterocycles. The maximum absolute atomic E-state index is 5.72. The van der Waals surface area contributed by atoms with E-state index < -0.39 is 0 Å². The Kier molecular flexibility index (Phi) is 2.95. The molecule has 2 nitrogen and oxygen atoms in total. The van der Waals surface area contributed by atoms with Crippen molar-refractivity contribution in [1.82, 2.24) is 4.57 Å². The van der Waals surface area contributed by atoms with Gasteiger partial charge in [0, 0.05) is 18.4 Å². The first kappa shape index (κ1) is 12.0. The van der Waals surface area contributed by atoms with Crippen LogP contribution in [-0.2, 0) is 13.0 Å². The quantitative estimate of drug-likeness (QED) is 0.884. The lowest BCUT2D eigenvalue weighted by atomic mass is 9.52. The van der Waals surface area contributed by atoms with Crippen LogP contribution < -0.4 is 5.73 Å². The van der Waals surface area contributed by atoms with E-state index in [1.807, 2.05) is 0 Å². The second-order valence-electron chi connectivity index (χ2n) is 7.29. The van der Waals surface area contributed by atoms with E-state index >= 15 is 0 Å². The molecular formula is C17H26N2. The molecule has 0 amide bonds. The lowest BCUT2D eigenvalue weighted by molar-refractivity contribution is -0.0432. The predicted molar refractivity (Wildman–Crippen MR) is 77.7 cm³/mol. The Bertz CT molecular complexity index is 420. The van der Waals surface area contributed by atoms with Gasteiger partial charge in [0.05, 0.1) is 0 Å². The smallest absolute Gasteiger partial charge is 0.0255 e. The van der Waals surface area contributed by atoms with Crippen molar-refractivity contribution in [3.8, 4) is 0 Å². The number of rotatable bonds is 4. The molecule has 2 N–H and O–H groups in total. The number of hydrogen-bond acceptors (Lipinski definition) is 1. The van der Waals surface area contributed by atoms with Crippen LogP contribution in [0.2, 0.25) is 0 Å². The minimum Gasteiger partial charge on any atom is -0.351 e. The Labute approximate surface area is 116 Å². The average Bonchev–Trinajstić information content (AvgIpc) is 2.81. The van der Waals surface area contributed by atoms with Crippen molar-refractivity contribution in [3.05, 3.63) is 24.0 Å². The van der Waals surface area contributed by atoms with Crippen molar-refractivity contribution in [1.29, 1.82) is 0 Å². The molecule has 0 unspecified atom stereocenters. The Balaban J connectivity index is 1.52. The average molecular weight is 258 g/mol. The van der Waals surface area contributed by atoms with Gasteiger partial charge in [-0.2, -0.15) is 0 Å². The van der Waals surface area contributed by atoms with E-state index in [0.717, 1.165) is 42.6 Å². The van der Waals surface area contributed by atoms with Crippen molar-refractivity contribution in [2.75, 3.05) is 6.54 Å². The summed E-state index contributed by atoms with van der Waals surface area (Å²) in [5.41, 5.74) is 7.17. The molecule has 104 valence electrons. The highest BCUT2D eigenvalue weighted by Crippen LogP contribution is 2.56. The number of nitrogens with two attached hydrogens (primary N) is 1. The fourth-order valence-electron chi connectivity index (χ4n) is 5.57. The summed E-state index contributed by atoms with van der Waals surface area (Å²) in [6.45, 7) is 2.03. The van der Waals surface area contributed by atoms with Crippen molar-refractivity contribution in [3.63, 3.8) is 0 Å². The number of aromatic nitrogens is 1. The van der Waals surface area contributed by atoms with Crippen LogP contribution in [0.3, 0.4) is 0 Å². The maximum Gasteiger partial charge on any atom is 0.0255 e. The molecule has 4 bridgehead atoms. The van der Waals surface area contributed by atoms with Gasteiger partial charge in [-0.15, -0.1) is 0 Å². The van der Waals surface area contributed by atoms with Crippen LogP contribution in [-0.4, -0.2) is 11.1 Å². The zero-order valence-corrected chi connectivity index (χ0v) is 11.8. The van der Waals surface area contributed by atoms with Crippen LogP contribution in [0.15, 0.2) is 18.3 Å². The third-order valence-corrected chi connectivity index (χ3v) is 6.15. The summed E-state index contributed by atoms with van der Waals surface area (Å²) in [4.78, 5) is 0. The maximum atomic E-state index is 5.72. The van der Waals surface area contributed by atoms with Gasteiger partial charge >= 0.3 is 0 Å². The van der Waals surface area contributed by atoms with Crippen LogP contribution in [0, 0.1) is 29.6 Å². The predicted octanol–water partition coefficient (Wildman–Crippen LogP) is 3.06. The molecular weight excluding hydrogens is 232 g/mol. The van der Waals surface area contributed by atoms with E-state index in [2.05, 4.69) is 22.9 Å². The zero-order chi connectivity index (χ0) is 12.8. The van der Waals surface area contributed by atoms with Crippen molar-refractivity contribution >= 4 is 0 Å². The first-order chi connectivity index (χ1) is 9.33. The van der Waals surface area contributed by atoms with Gasteiger partial charge in [0.2, 0.25) is 0 Å². The molecule has 0 aliphatic heterocycles. The molecule has 1 heterocycles. The lowest BCUT2D eigenvalue weighted by Gasteiger charge is -2.54. The standard InChI is InChI=1S/C17H26N2/c18-4-3-16-2-1-5-19(16)11-17-14-7-12-6-13(9-14)10-15(17)8-12/h1-2,5,12-15,17H,3-4,6-11,18H2. The summed E-state index contributed by atoms with van der Waals surface area (Å²) >= 11 is 0. The van der Waals surface area contributed by atoms with Gasteiger partial charge in [-0.3, -0.25) is 0 Å². The molecule has 0 spiro atoms. The molecule has 0 aromatic carbocycles. The molecule has 4 aliphatic rings. The lowest BCUT2D eigenvalue weighted by Crippen LogP contribution is -2.46. The number of nitrogens with zero attached hydrogens (tertiary/aromatic N) is 1. The van der Waals surface area contributed by atoms with Crippen LogP contribution in [0.5, 0.6) is 0 Å². The summed E-state index contributed by atoms with van der Waals surface area (Å²) < 4.78 is 2.50. The van der Waals surface area contributed by atoms with Crippen molar-refractivity contribution in [2.24, 2.45) is 35.3 Å². The minimum absolute atomic E-state index is 0.770. The Morgan fingerprint density at radius 2 is 1.74 bits per heavy atom. The Hall–Kier alpha value is -0.760. The van der Waals surface area contributed by atoms with Crippen molar-refractivity contribution < 1.29 is 0 Å². The van der Waals surface area contributed by atoms with Gasteiger partial charge in [0.25, 0.3) is 0 Å².